The van der Waals surface area contributed by atoms with Crippen molar-refractivity contribution >= 4 is 23.3 Å². The molecule has 1 atom stereocenters. The topological polar surface area (TPSA) is 49.8 Å². The summed E-state index contributed by atoms with van der Waals surface area (Å²) in [5.74, 6) is 0.247. The van der Waals surface area contributed by atoms with Gasteiger partial charge in [-0.3, -0.25) is 4.79 Å². The molecule has 5 heteroatoms. The number of anilines is 1. The quantitative estimate of drug-likeness (QED) is 0.847. The SMILES string of the molecule is COc1ccc2c(c1)C(CCC(=O)O)CN2Cc1cccc(Cl)c1. The summed E-state index contributed by atoms with van der Waals surface area (Å²) in [5.41, 5.74) is 3.45. The molecule has 0 radical (unpaired) electrons. The first-order valence-electron chi connectivity index (χ1n) is 7.96. The van der Waals surface area contributed by atoms with Crippen LogP contribution in [0.15, 0.2) is 42.5 Å². The second kappa shape index (κ2) is 7.14. The fourth-order valence-electron chi connectivity index (χ4n) is 3.29. The Morgan fingerprint density at radius 2 is 2.17 bits per heavy atom. The zero-order chi connectivity index (χ0) is 17.1. The van der Waals surface area contributed by atoms with Gasteiger partial charge in [-0.05, 0) is 47.9 Å². The Balaban J connectivity index is 1.85. The summed E-state index contributed by atoms with van der Waals surface area (Å²) in [4.78, 5) is 13.2. The van der Waals surface area contributed by atoms with E-state index < -0.39 is 5.97 Å². The first-order chi connectivity index (χ1) is 11.6. The van der Waals surface area contributed by atoms with Crippen LogP contribution in [-0.4, -0.2) is 24.7 Å². The molecule has 0 saturated heterocycles. The Bertz CT molecular complexity index is 747. The molecule has 0 amide bonds. The first kappa shape index (κ1) is 16.7. The number of carboxylic acid groups (broad SMARTS) is 1. The lowest BCUT2D eigenvalue weighted by Crippen LogP contribution is -2.21. The van der Waals surface area contributed by atoms with Gasteiger partial charge >= 0.3 is 5.97 Å². The molecule has 1 aliphatic rings. The second-order valence-corrected chi connectivity index (χ2v) is 6.50. The summed E-state index contributed by atoms with van der Waals surface area (Å²) in [6.45, 7) is 1.56. The van der Waals surface area contributed by atoms with Crippen LogP contribution in [0.4, 0.5) is 5.69 Å². The van der Waals surface area contributed by atoms with Crippen molar-refractivity contribution in [3.05, 3.63) is 58.6 Å². The van der Waals surface area contributed by atoms with E-state index >= 15 is 0 Å². The lowest BCUT2D eigenvalue weighted by molar-refractivity contribution is -0.137. The van der Waals surface area contributed by atoms with Crippen LogP contribution in [0.25, 0.3) is 0 Å². The van der Waals surface area contributed by atoms with Crippen molar-refractivity contribution in [1.29, 1.82) is 0 Å². The maximum Gasteiger partial charge on any atom is 0.303 e. The van der Waals surface area contributed by atoms with Crippen LogP contribution in [0.2, 0.25) is 5.02 Å². The van der Waals surface area contributed by atoms with Gasteiger partial charge in [0.1, 0.15) is 5.75 Å². The maximum atomic E-state index is 10.9. The van der Waals surface area contributed by atoms with Crippen LogP contribution in [0.5, 0.6) is 5.75 Å². The van der Waals surface area contributed by atoms with Gasteiger partial charge in [0, 0.05) is 36.1 Å². The summed E-state index contributed by atoms with van der Waals surface area (Å²) in [6.07, 6.45) is 0.799. The van der Waals surface area contributed by atoms with Crippen LogP contribution >= 0.6 is 11.6 Å². The molecule has 0 saturated carbocycles. The van der Waals surface area contributed by atoms with E-state index in [2.05, 4.69) is 17.0 Å². The Morgan fingerprint density at radius 3 is 2.88 bits per heavy atom. The Labute approximate surface area is 146 Å². The van der Waals surface area contributed by atoms with Gasteiger partial charge in [0.2, 0.25) is 0 Å². The summed E-state index contributed by atoms with van der Waals surface area (Å²) in [7, 11) is 1.65. The van der Waals surface area contributed by atoms with Crippen molar-refractivity contribution in [2.75, 3.05) is 18.6 Å². The number of rotatable bonds is 6. The fourth-order valence-corrected chi connectivity index (χ4v) is 3.50. The largest absolute Gasteiger partial charge is 0.497 e. The van der Waals surface area contributed by atoms with E-state index in [0.717, 1.165) is 40.7 Å². The molecular formula is C19H20ClNO3. The molecule has 0 aliphatic carbocycles. The Hall–Kier alpha value is -2.20. The maximum absolute atomic E-state index is 10.9. The van der Waals surface area contributed by atoms with Crippen molar-refractivity contribution in [2.45, 2.75) is 25.3 Å². The highest BCUT2D eigenvalue weighted by atomic mass is 35.5. The minimum absolute atomic E-state index is 0.173. The molecule has 126 valence electrons. The molecular weight excluding hydrogens is 326 g/mol. The van der Waals surface area contributed by atoms with Crippen molar-refractivity contribution in [3.8, 4) is 5.75 Å². The minimum atomic E-state index is -0.757. The standard InChI is InChI=1S/C19H20ClNO3/c1-24-16-6-7-18-17(10-16)14(5-8-19(22)23)12-21(18)11-13-3-2-4-15(20)9-13/h2-4,6-7,9-10,14H,5,8,11-12H2,1H3,(H,22,23). The van der Waals surface area contributed by atoms with E-state index in [1.165, 1.54) is 0 Å². The van der Waals surface area contributed by atoms with Crippen LogP contribution in [0.3, 0.4) is 0 Å². The highest BCUT2D eigenvalue weighted by Gasteiger charge is 2.29. The van der Waals surface area contributed by atoms with Crippen LogP contribution in [-0.2, 0) is 11.3 Å². The van der Waals surface area contributed by atoms with Crippen molar-refractivity contribution < 1.29 is 14.6 Å². The minimum Gasteiger partial charge on any atom is -0.497 e. The normalized spacial score (nSPS) is 16.1. The number of methoxy groups -OCH3 is 1. The van der Waals surface area contributed by atoms with Gasteiger partial charge in [-0.1, -0.05) is 23.7 Å². The van der Waals surface area contributed by atoms with Gasteiger partial charge in [0.15, 0.2) is 0 Å². The lowest BCUT2D eigenvalue weighted by atomic mass is 9.96. The number of hydrogen-bond donors (Lipinski definition) is 1. The predicted molar refractivity (Wildman–Crippen MR) is 95.1 cm³/mol. The van der Waals surface area contributed by atoms with E-state index in [4.69, 9.17) is 21.4 Å². The number of carboxylic acids is 1. The summed E-state index contributed by atoms with van der Waals surface area (Å²) in [5, 5.41) is 9.73. The number of hydrogen-bond acceptors (Lipinski definition) is 3. The molecule has 1 heterocycles. The Kier molecular flexibility index (Phi) is 4.95. The summed E-state index contributed by atoms with van der Waals surface area (Å²) < 4.78 is 5.33. The number of carbonyl (C=O) groups is 1. The van der Waals surface area contributed by atoms with E-state index in [1.54, 1.807) is 7.11 Å². The molecule has 4 nitrogen and oxygen atoms in total. The second-order valence-electron chi connectivity index (χ2n) is 6.06. The molecule has 0 spiro atoms. The van der Waals surface area contributed by atoms with Crippen LogP contribution < -0.4 is 9.64 Å². The smallest absolute Gasteiger partial charge is 0.303 e. The van der Waals surface area contributed by atoms with Gasteiger partial charge in [0.25, 0.3) is 0 Å². The van der Waals surface area contributed by atoms with Crippen molar-refractivity contribution in [1.82, 2.24) is 0 Å². The monoisotopic (exact) mass is 345 g/mol. The highest BCUT2D eigenvalue weighted by molar-refractivity contribution is 6.30. The van der Waals surface area contributed by atoms with Crippen molar-refractivity contribution in [3.63, 3.8) is 0 Å². The Morgan fingerprint density at radius 1 is 1.33 bits per heavy atom. The zero-order valence-corrected chi connectivity index (χ0v) is 14.3. The first-order valence-corrected chi connectivity index (χ1v) is 8.33. The fraction of sp³-hybridized carbons (Fsp3) is 0.316. The van der Waals surface area contributed by atoms with Gasteiger partial charge in [-0.25, -0.2) is 0 Å². The van der Waals surface area contributed by atoms with Gasteiger partial charge in [0.05, 0.1) is 7.11 Å². The number of benzene rings is 2. The van der Waals surface area contributed by atoms with Gasteiger partial charge in [-0.2, -0.15) is 0 Å². The summed E-state index contributed by atoms with van der Waals surface area (Å²) in [6, 6.07) is 13.9. The number of nitrogens with zero attached hydrogens (tertiary/aromatic N) is 1. The zero-order valence-electron chi connectivity index (χ0n) is 13.5. The molecule has 3 rings (SSSR count). The number of fused-ring (bicyclic) bond motifs is 1. The third-order valence-electron chi connectivity index (χ3n) is 4.43. The average molecular weight is 346 g/mol. The molecule has 1 aliphatic heterocycles. The number of aliphatic carboxylic acids is 1. The molecule has 0 bridgehead atoms. The van der Waals surface area contributed by atoms with Gasteiger partial charge < -0.3 is 14.7 Å². The molecule has 0 aromatic heterocycles. The predicted octanol–water partition coefficient (Wildman–Crippen LogP) is 4.32. The van der Waals surface area contributed by atoms with E-state index in [-0.39, 0.29) is 12.3 Å². The lowest BCUT2D eigenvalue weighted by Gasteiger charge is -2.20. The average Bonchev–Trinajstić information content (AvgIpc) is 2.90. The molecule has 0 fully saturated rings. The summed E-state index contributed by atoms with van der Waals surface area (Å²) >= 11 is 6.08. The van der Waals surface area contributed by atoms with Crippen molar-refractivity contribution in [2.24, 2.45) is 0 Å². The molecule has 2 aromatic rings. The molecule has 1 unspecified atom stereocenters. The van der Waals surface area contributed by atoms with Crippen LogP contribution in [0.1, 0.15) is 29.9 Å². The van der Waals surface area contributed by atoms with Gasteiger partial charge in [-0.15, -0.1) is 0 Å². The number of ether oxygens (including phenoxy) is 1. The molecule has 24 heavy (non-hydrogen) atoms. The van der Waals surface area contributed by atoms with E-state index in [1.807, 2.05) is 30.3 Å². The third kappa shape index (κ3) is 3.65. The third-order valence-corrected chi connectivity index (χ3v) is 4.66. The number of halogens is 1. The highest BCUT2D eigenvalue weighted by Crippen LogP contribution is 2.41. The van der Waals surface area contributed by atoms with E-state index in [9.17, 15) is 4.79 Å². The van der Waals surface area contributed by atoms with E-state index in [0.29, 0.717) is 6.42 Å². The van der Waals surface area contributed by atoms with Crippen LogP contribution in [0, 0.1) is 0 Å². The molecule has 2 aromatic carbocycles. The molecule has 1 N–H and O–H groups in total.